The Morgan fingerprint density at radius 1 is 1.25 bits per heavy atom. The third-order valence-electron chi connectivity index (χ3n) is 4.72. The molecule has 6 nitrogen and oxygen atoms in total. The molecule has 0 unspecified atom stereocenters. The predicted molar refractivity (Wildman–Crippen MR) is 95.7 cm³/mol. The molecule has 130 valence electrons. The van der Waals surface area contributed by atoms with Crippen LogP contribution >= 0.6 is 0 Å². The lowest BCUT2D eigenvalue weighted by atomic mass is 9.77. The fraction of sp³-hybridized carbons (Fsp3) is 0.471. The van der Waals surface area contributed by atoms with Crippen LogP contribution in [0.3, 0.4) is 0 Å². The second-order valence-electron chi connectivity index (χ2n) is 7.13. The van der Waals surface area contributed by atoms with E-state index in [2.05, 4.69) is 0 Å². The molecule has 1 aliphatic rings. The van der Waals surface area contributed by atoms with Gasteiger partial charge in [0.1, 0.15) is 0 Å². The van der Waals surface area contributed by atoms with Crippen LogP contribution in [0.15, 0.2) is 17.6 Å². The molecule has 0 saturated carbocycles. The van der Waals surface area contributed by atoms with Gasteiger partial charge in [-0.1, -0.05) is 6.08 Å². The van der Waals surface area contributed by atoms with Crippen LogP contribution in [0, 0.1) is 6.92 Å². The van der Waals surface area contributed by atoms with Crippen LogP contribution in [0.2, 0.25) is 0 Å². The monoisotopic (exact) mass is 332 g/mol. The maximum atomic E-state index is 11.3. The van der Waals surface area contributed by atoms with Crippen molar-refractivity contribution in [1.82, 2.24) is 0 Å². The van der Waals surface area contributed by atoms with Gasteiger partial charge in [0.05, 0.1) is 22.5 Å². The molecule has 7 heteroatoms. The summed E-state index contributed by atoms with van der Waals surface area (Å²) in [4.78, 5) is 11.3. The van der Waals surface area contributed by atoms with Crippen LogP contribution in [-0.2, 0) is 9.31 Å². The summed E-state index contributed by atoms with van der Waals surface area (Å²) in [7, 11) is -0.590. The lowest BCUT2D eigenvalue weighted by Crippen LogP contribution is -2.41. The summed E-state index contributed by atoms with van der Waals surface area (Å²) < 4.78 is 12.0. The van der Waals surface area contributed by atoms with Crippen molar-refractivity contribution in [1.29, 1.82) is 0 Å². The topological polar surface area (TPSA) is 108 Å². The van der Waals surface area contributed by atoms with Crippen molar-refractivity contribution in [3.05, 3.63) is 34.3 Å². The minimum Gasteiger partial charge on any atom is -0.478 e. The summed E-state index contributed by atoms with van der Waals surface area (Å²) in [5, 5.41) is 9.28. The smallest absolute Gasteiger partial charge is 0.478 e. The molecule has 1 fully saturated rings. The van der Waals surface area contributed by atoms with Gasteiger partial charge in [0.25, 0.3) is 0 Å². The molecule has 0 atom stereocenters. The van der Waals surface area contributed by atoms with E-state index in [0.29, 0.717) is 11.0 Å². The van der Waals surface area contributed by atoms with Crippen LogP contribution in [0.4, 0.5) is 5.69 Å². The molecule has 0 bridgehead atoms. The van der Waals surface area contributed by atoms with Gasteiger partial charge in [0.2, 0.25) is 0 Å². The molecule has 24 heavy (non-hydrogen) atoms. The Labute approximate surface area is 143 Å². The first-order valence-electron chi connectivity index (χ1n) is 7.88. The molecule has 0 spiro atoms. The average Bonchev–Trinajstić information content (AvgIpc) is 2.67. The van der Waals surface area contributed by atoms with Gasteiger partial charge in [0.15, 0.2) is 0 Å². The Hall–Kier alpha value is -1.83. The highest BCUT2D eigenvalue weighted by molar-refractivity contribution is 6.56. The predicted octanol–water partition coefficient (Wildman–Crippen LogP) is 2.25. The Morgan fingerprint density at radius 2 is 1.79 bits per heavy atom. The molecule has 1 aliphatic heterocycles. The molecule has 0 amide bonds. The highest BCUT2D eigenvalue weighted by Gasteiger charge is 2.52. The number of anilines is 1. The fourth-order valence-corrected chi connectivity index (χ4v) is 2.54. The number of carboxylic acids is 1. The maximum absolute atomic E-state index is 11.3. The average molecular weight is 332 g/mol. The van der Waals surface area contributed by atoms with Gasteiger partial charge in [-0.2, -0.15) is 0 Å². The van der Waals surface area contributed by atoms with Crippen LogP contribution in [0.25, 0.3) is 6.08 Å². The zero-order valence-electron chi connectivity index (χ0n) is 14.8. The molecule has 1 saturated heterocycles. The zero-order chi connectivity index (χ0) is 18.3. The van der Waals surface area contributed by atoms with Crippen LogP contribution in [0.1, 0.15) is 49.2 Å². The van der Waals surface area contributed by atoms with Gasteiger partial charge in [-0.05, 0) is 63.4 Å². The third-order valence-corrected chi connectivity index (χ3v) is 4.72. The van der Waals surface area contributed by atoms with Crippen molar-refractivity contribution >= 4 is 24.9 Å². The number of carbonyl (C=O) groups is 1. The van der Waals surface area contributed by atoms with E-state index >= 15 is 0 Å². The molecule has 1 heterocycles. The Bertz CT molecular complexity index is 682. The van der Waals surface area contributed by atoms with Crippen molar-refractivity contribution in [2.75, 3.05) is 12.3 Å². The molecule has 5 N–H and O–H groups in total. The molecule has 1 aromatic carbocycles. The van der Waals surface area contributed by atoms with Crippen molar-refractivity contribution in [2.45, 2.75) is 45.8 Å². The quantitative estimate of drug-likeness (QED) is 0.576. The molecule has 0 radical (unpaired) electrons. The second-order valence-corrected chi connectivity index (χ2v) is 7.13. The summed E-state index contributed by atoms with van der Waals surface area (Å²) in [6.07, 6.45) is 1.76. The first-order valence-corrected chi connectivity index (χ1v) is 7.88. The van der Waals surface area contributed by atoms with Gasteiger partial charge in [-0.15, -0.1) is 0 Å². The number of nitrogens with two attached hydrogens (primary N) is 2. The van der Waals surface area contributed by atoms with Crippen LogP contribution < -0.4 is 11.5 Å². The van der Waals surface area contributed by atoms with E-state index in [9.17, 15) is 9.90 Å². The highest BCUT2D eigenvalue weighted by atomic mass is 16.7. The van der Waals surface area contributed by atoms with E-state index in [1.165, 1.54) is 0 Å². The van der Waals surface area contributed by atoms with Gasteiger partial charge in [-0.3, -0.25) is 0 Å². The first-order chi connectivity index (χ1) is 11.0. The lowest BCUT2D eigenvalue weighted by molar-refractivity contribution is 0.00578. The normalized spacial score (nSPS) is 19.6. The standard InChI is InChI=1S/C17H25BN2O4/c1-10-6-11(14(20)13(7-10)15(21)22)8-12(9-19)18-23-16(2,3)17(4,5)24-18/h6-8H,9,19-20H2,1-5H3,(H,21,22). The van der Waals surface area contributed by atoms with E-state index in [-0.39, 0.29) is 17.8 Å². The molecule has 0 aliphatic carbocycles. The van der Waals surface area contributed by atoms with Gasteiger partial charge in [-0.25, -0.2) is 4.79 Å². The van der Waals surface area contributed by atoms with E-state index in [1.807, 2.05) is 40.7 Å². The van der Waals surface area contributed by atoms with Crippen molar-refractivity contribution < 1.29 is 19.2 Å². The lowest BCUT2D eigenvalue weighted by Gasteiger charge is -2.32. The summed E-state index contributed by atoms with van der Waals surface area (Å²) in [6.45, 7) is 9.89. The zero-order valence-corrected chi connectivity index (χ0v) is 14.8. The van der Waals surface area contributed by atoms with Crippen molar-refractivity contribution in [3.8, 4) is 0 Å². The number of rotatable bonds is 4. The van der Waals surface area contributed by atoms with E-state index in [1.54, 1.807) is 12.1 Å². The maximum Gasteiger partial charge on any atom is 0.491 e. The third kappa shape index (κ3) is 3.33. The Morgan fingerprint density at radius 3 is 2.25 bits per heavy atom. The van der Waals surface area contributed by atoms with Gasteiger partial charge in [0, 0.05) is 6.54 Å². The Kier molecular flexibility index (Phi) is 4.81. The summed E-state index contributed by atoms with van der Waals surface area (Å²) >= 11 is 0. The van der Waals surface area contributed by atoms with Gasteiger partial charge >= 0.3 is 13.1 Å². The second kappa shape index (κ2) is 6.24. The van der Waals surface area contributed by atoms with E-state index in [4.69, 9.17) is 20.8 Å². The number of aryl methyl sites for hydroxylation is 1. The summed E-state index contributed by atoms with van der Waals surface area (Å²) in [5.74, 6) is -1.06. The largest absolute Gasteiger partial charge is 0.491 e. The highest BCUT2D eigenvalue weighted by Crippen LogP contribution is 2.39. The fourth-order valence-electron chi connectivity index (χ4n) is 2.54. The number of benzene rings is 1. The summed E-state index contributed by atoms with van der Waals surface area (Å²) in [5.41, 5.74) is 13.3. The minimum atomic E-state index is -1.06. The number of carboxylic acid groups (broad SMARTS) is 1. The van der Waals surface area contributed by atoms with Gasteiger partial charge < -0.3 is 25.9 Å². The number of nitrogen functional groups attached to an aromatic ring is 1. The molecule has 0 aromatic heterocycles. The Balaban J connectivity index is 2.44. The SMILES string of the molecule is Cc1cc(C=C(CN)B2OC(C)(C)C(C)(C)O2)c(N)c(C(=O)O)c1. The van der Waals surface area contributed by atoms with Crippen molar-refractivity contribution in [2.24, 2.45) is 5.73 Å². The van der Waals surface area contributed by atoms with Crippen LogP contribution in [-0.4, -0.2) is 35.9 Å². The molecule has 1 aromatic rings. The number of hydrogen-bond acceptors (Lipinski definition) is 5. The summed E-state index contributed by atoms with van der Waals surface area (Å²) in [6, 6.07) is 3.37. The number of aromatic carboxylic acids is 1. The first kappa shape index (κ1) is 18.5. The van der Waals surface area contributed by atoms with Crippen molar-refractivity contribution in [3.63, 3.8) is 0 Å². The molecular formula is C17H25BN2O4. The van der Waals surface area contributed by atoms with E-state index in [0.717, 1.165) is 5.56 Å². The molecular weight excluding hydrogens is 307 g/mol. The van der Waals surface area contributed by atoms with Crippen LogP contribution in [0.5, 0.6) is 0 Å². The minimum absolute atomic E-state index is 0.0755. The number of hydrogen-bond donors (Lipinski definition) is 3. The van der Waals surface area contributed by atoms with E-state index < -0.39 is 24.3 Å². The molecule has 2 rings (SSSR count).